The number of nitrogens with zero attached hydrogens (tertiary/aromatic N) is 1. The van der Waals surface area contributed by atoms with Crippen LogP contribution < -0.4 is 10.2 Å². The van der Waals surface area contributed by atoms with Gasteiger partial charge >= 0.3 is 5.97 Å². The summed E-state index contributed by atoms with van der Waals surface area (Å²) in [5.41, 5.74) is 4.21. The first-order valence-corrected chi connectivity index (χ1v) is 8.88. The molecule has 134 valence electrons. The van der Waals surface area contributed by atoms with Crippen molar-refractivity contribution in [3.8, 4) is 5.75 Å². The minimum atomic E-state index is -0.419. The molecule has 0 bridgehead atoms. The maximum Gasteiger partial charge on any atom is 0.343 e. The normalized spacial score (nSPS) is 10.6. The molecule has 0 saturated carbocycles. The predicted molar refractivity (Wildman–Crippen MR) is 107 cm³/mol. The first-order valence-electron chi connectivity index (χ1n) is 8.09. The van der Waals surface area contributed by atoms with Gasteiger partial charge < -0.3 is 4.74 Å². The Balaban J connectivity index is 1.57. The highest BCUT2D eigenvalue weighted by molar-refractivity contribution is 9.10. The maximum absolute atomic E-state index is 12.1. The largest absolute Gasteiger partial charge is 0.423 e. The van der Waals surface area contributed by atoms with Gasteiger partial charge in [0.25, 0.3) is 5.91 Å². The Morgan fingerprint density at radius 1 is 0.889 bits per heavy atom. The Kier molecular flexibility index (Phi) is 6.12. The minimum absolute atomic E-state index is 0.313. The van der Waals surface area contributed by atoms with Crippen molar-refractivity contribution in [3.63, 3.8) is 0 Å². The summed E-state index contributed by atoms with van der Waals surface area (Å²) in [4.78, 5) is 24.1. The summed E-state index contributed by atoms with van der Waals surface area (Å²) in [7, 11) is 0. The van der Waals surface area contributed by atoms with E-state index in [0.29, 0.717) is 21.3 Å². The number of rotatable bonds is 5. The number of carbonyl (C=O) groups excluding carboxylic acids is 2. The number of nitrogens with one attached hydrogen (secondary N) is 1. The van der Waals surface area contributed by atoms with E-state index in [0.717, 1.165) is 5.56 Å². The number of hydrogen-bond donors (Lipinski definition) is 1. The van der Waals surface area contributed by atoms with Crippen LogP contribution in [0.15, 0.2) is 88.4 Å². The molecule has 0 radical (unpaired) electrons. The molecule has 0 aromatic heterocycles. The Labute approximate surface area is 164 Å². The number of benzene rings is 3. The number of hydrogen-bond acceptors (Lipinski definition) is 4. The first-order chi connectivity index (χ1) is 13.1. The van der Waals surface area contributed by atoms with Gasteiger partial charge in [0.2, 0.25) is 0 Å². The number of ether oxygens (including phenoxy) is 1. The second-order valence-corrected chi connectivity index (χ2v) is 6.36. The van der Waals surface area contributed by atoms with Crippen molar-refractivity contribution >= 4 is 34.0 Å². The van der Waals surface area contributed by atoms with E-state index in [1.54, 1.807) is 66.7 Å². The lowest BCUT2D eigenvalue weighted by Crippen LogP contribution is -2.18. The van der Waals surface area contributed by atoms with Crippen molar-refractivity contribution in [2.45, 2.75) is 0 Å². The molecule has 0 atom stereocenters. The van der Waals surface area contributed by atoms with Gasteiger partial charge in [-0.1, -0.05) is 30.3 Å². The molecular formula is C21H15BrN2O3. The highest BCUT2D eigenvalue weighted by Gasteiger charge is 2.08. The SMILES string of the molecule is O=C(Oc1ccc(/C=N\NC(=O)c2ccccc2Br)cc1)c1ccccc1. The summed E-state index contributed by atoms with van der Waals surface area (Å²) in [5, 5.41) is 3.94. The van der Waals surface area contributed by atoms with Crippen molar-refractivity contribution in [2.75, 3.05) is 0 Å². The molecule has 1 N–H and O–H groups in total. The zero-order valence-electron chi connectivity index (χ0n) is 14.1. The third-order valence-corrected chi connectivity index (χ3v) is 4.29. The fraction of sp³-hybridized carbons (Fsp3) is 0. The highest BCUT2D eigenvalue weighted by atomic mass is 79.9. The van der Waals surface area contributed by atoms with Crippen molar-refractivity contribution in [3.05, 3.63) is 100 Å². The number of hydrazone groups is 1. The molecule has 0 aliphatic heterocycles. The Morgan fingerprint density at radius 3 is 2.26 bits per heavy atom. The summed E-state index contributed by atoms with van der Waals surface area (Å²) < 4.78 is 6.01. The molecule has 0 fully saturated rings. The second kappa shape index (κ2) is 8.91. The molecule has 0 spiro atoms. The van der Waals surface area contributed by atoms with Crippen LogP contribution in [-0.4, -0.2) is 18.1 Å². The molecule has 0 saturated heterocycles. The van der Waals surface area contributed by atoms with Crippen molar-refractivity contribution in [1.29, 1.82) is 0 Å². The van der Waals surface area contributed by atoms with E-state index in [1.807, 2.05) is 12.1 Å². The standard InChI is InChI=1S/C21H15BrN2O3/c22-19-9-5-4-8-18(19)20(25)24-23-14-15-10-12-17(13-11-15)27-21(26)16-6-2-1-3-7-16/h1-14H,(H,24,25)/b23-14-. The monoisotopic (exact) mass is 422 g/mol. The van der Waals surface area contributed by atoms with Gasteiger partial charge in [-0.25, -0.2) is 10.2 Å². The summed E-state index contributed by atoms with van der Waals surface area (Å²) in [6.07, 6.45) is 1.51. The lowest BCUT2D eigenvalue weighted by Gasteiger charge is -2.04. The van der Waals surface area contributed by atoms with Crippen molar-refractivity contribution < 1.29 is 14.3 Å². The topological polar surface area (TPSA) is 67.8 Å². The zero-order chi connectivity index (χ0) is 19.1. The van der Waals surface area contributed by atoms with Gasteiger partial charge in [0.1, 0.15) is 5.75 Å². The van der Waals surface area contributed by atoms with E-state index in [-0.39, 0.29) is 5.91 Å². The van der Waals surface area contributed by atoms with Crippen LogP contribution in [0, 0.1) is 0 Å². The van der Waals surface area contributed by atoms with Gasteiger partial charge in [-0.05, 0) is 70.0 Å². The number of amides is 1. The lowest BCUT2D eigenvalue weighted by molar-refractivity contribution is 0.0734. The van der Waals surface area contributed by atoms with Gasteiger partial charge in [-0.3, -0.25) is 4.79 Å². The quantitative estimate of drug-likeness (QED) is 0.286. The van der Waals surface area contributed by atoms with E-state index >= 15 is 0 Å². The molecule has 6 heteroatoms. The number of esters is 1. The molecule has 5 nitrogen and oxygen atoms in total. The molecule has 0 aliphatic carbocycles. The van der Waals surface area contributed by atoms with Gasteiger partial charge in [0.15, 0.2) is 0 Å². The fourth-order valence-electron chi connectivity index (χ4n) is 2.23. The van der Waals surface area contributed by atoms with E-state index < -0.39 is 5.97 Å². The average Bonchev–Trinajstić information content (AvgIpc) is 2.70. The van der Waals surface area contributed by atoms with E-state index in [1.165, 1.54) is 6.21 Å². The second-order valence-electron chi connectivity index (χ2n) is 5.50. The Bertz CT molecular complexity index is 970. The van der Waals surface area contributed by atoms with Gasteiger partial charge in [-0.15, -0.1) is 0 Å². The fourth-order valence-corrected chi connectivity index (χ4v) is 2.70. The van der Waals surface area contributed by atoms with Crippen LogP contribution in [-0.2, 0) is 0 Å². The van der Waals surface area contributed by atoms with E-state index in [9.17, 15) is 9.59 Å². The van der Waals surface area contributed by atoms with Crippen LogP contribution in [0.3, 0.4) is 0 Å². The van der Waals surface area contributed by atoms with Crippen LogP contribution >= 0.6 is 15.9 Å². The first kappa shape index (κ1) is 18.5. The van der Waals surface area contributed by atoms with Crippen LogP contribution in [0.5, 0.6) is 5.75 Å². The Morgan fingerprint density at radius 2 is 1.56 bits per heavy atom. The molecule has 0 unspecified atom stereocenters. The molecule has 3 aromatic rings. The zero-order valence-corrected chi connectivity index (χ0v) is 15.7. The average molecular weight is 423 g/mol. The van der Waals surface area contributed by atoms with E-state index in [2.05, 4.69) is 26.5 Å². The molecular weight excluding hydrogens is 408 g/mol. The molecule has 1 amide bonds. The lowest BCUT2D eigenvalue weighted by atomic mass is 10.2. The third kappa shape index (κ3) is 5.12. The van der Waals surface area contributed by atoms with Crippen LogP contribution in [0.1, 0.15) is 26.3 Å². The molecule has 3 aromatic carbocycles. The Hall–Kier alpha value is -3.25. The van der Waals surface area contributed by atoms with Gasteiger partial charge in [0, 0.05) is 4.47 Å². The highest BCUT2D eigenvalue weighted by Crippen LogP contribution is 2.16. The molecule has 27 heavy (non-hydrogen) atoms. The minimum Gasteiger partial charge on any atom is -0.423 e. The van der Waals surface area contributed by atoms with Crippen LogP contribution in [0.2, 0.25) is 0 Å². The van der Waals surface area contributed by atoms with Gasteiger partial charge in [0.05, 0.1) is 17.3 Å². The van der Waals surface area contributed by atoms with Crippen LogP contribution in [0.4, 0.5) is 0 Å². The summed E-state index contributed by atoms with van der Waals surface area (Å²) in [5.74, 6) is -0.303. The smallest absolute Gasteiger partial charge is 0.343 e. The summed E-state index contributed by atoms with van der Waals surface area (Å²) >= 11 is 3.32. The van der Waals surface area contributed by atoms with Crippen molar-refractivity contribution in [1.82, 2.24) is 5.43 Å². The number of carbonyl (C=O) groups is 2. The predicted octanol–water partition coefficient (Wildman–Crippen LogP) is 4.43. The summed E-state index contributed by atoms with van der Waals surface area (Å²) in [6, 6.07) is 22.7. The van der Waals surface area contributed by atoms with Gasteiger partial charge in [-0.2, -0.15) is 5.10 Å². The summed E-state index contributed by atoms with van der Waals surface area (Å²) in [6.45, 7) is 0. The maximum atomic E-state index is 12.1. The van der Waals surface area contributed by atoms with Crippen molar-refractivity contribution in [2.24, 2.45) is 5.10 Å². The number of halogens is 1. The molecule has 3 rings (SSSR count). The third-order valence-electron chi connectivity index (χ3n) is 3.60. The molecule has 0 aliphatic rings. The van der Waals surface area contributed by atoms with E-state index in [4.69, 9.17) is 4.74 Å². The van der Waals surface area contributed by atoms with Crippen LogP contribution in [0.25, 0.3) is 0 Å². The molecule has 0 heterocycles.